The van der Waals surface area contributed by atoms with Gasteiger partial charge in [-0.2, -0.15) is 0 Å². The molecule has 0 aromatic heterocycles. The molecule has 4 nitrogen and oxygen atoms in total. The molecule has 0 spiro atoms. The van der Waals surface area contributed by atoms with Crippen LogP contribution in [0.3, 0.4) is 0 Å². The molecular formula is C33H36N2O2S2. The van der Waals surface area contributed by atoms with Gasteiger partial charge in [0.2, 0.25) is 5.91 Å². The number of nitrogens with zero attached hydrogens (tertiary/aromatic N) is 1. The minimum absolute atomic E-state index is 0.0412. The third kappa shape index (κ3) is 6.98. The second-order valence-electron chi connectivity index (χ2n) is 10.5. The first kappa shape index (κ1) is 27.6. The summed E-state index contributed by atoms with van der Waals surface area (Å²) < 4.78 is 0. The third-order valence-electron chi connectivity index (χ3n) is 7.68. The Morgan fingerprint density at radius 2 is 1.82 bits per heavy atom. The van der Waals surface area contributed by atoms with Crippen LogP contribution in [0, 0.1) is 12.8 Å². The second-order valence-corrected chi connectivity index (χ2v) is 12.6. The molecule has 1 aliphatic heterocycles. The number of amides is 2. The second kappa shape index (κ2) is 12.9. The average molecular weight is 557 g/mol. The van der Waals surface area contributed by atoms with Crippen molar-refractivity contribution in [3.63, 3.8) is 0 Å². The van der Waals surface area contributed by atoms with Crippen LogP contribution in [0.2, 0.25) is 0 Å². The molecule has 2 fully saturated rings. The first-order valence-electron chi connectivity index (χ1n) is 13.7. The Hall–Kier alpha value is -2.96. The van der Waals surface area contributed by atoms with Gasteiger partial charge >= 0.3 is 0 Å². The summed E-state index contributed by atoms with van der Waals surface area (Å²) in [6.07, 6.45) is 7.41. The fourth-order valence-electron chi connectivity index (χ4n) is 5.59. The standard InChI is InChI=1S/C33H36N2O2S2/c1-23-7-6-10-26(19-23)22-35-29-21-27(32(36)34-18-17-24-11-14-28(38-2)15-12-24)13-16-30(29)39-31(33(35)37)20-25-8-4-3-5-9-25/h3-12,14-15,19-20,27,29-30H,13,16-18,21-22H2,1-2H3,(H,34,36)/b31-20-. The summed E-state index contributed by atoms with van der Waals surface area (Å²) >= 11 is 3.44. The molecule has 3 unspecified atom stereocenters. The molecule has 0 bridgehead atoms. The normalized spacial score (nSPS) is 22.0. The maximum atomic E-state index is 13.9. The zero-order valence-electron chi connectivity index (χ0n) is 22.6. The largest absolute Gasteiger partial charge is 0.356 e. The van der Waals surface area contributed by atoms with Crippen LogP contribution in [0.15, 0.2) is 88.7 Å². The fraction of sp³-hybridized carbons (Fsp3) is 0.333. The summed E-state index contributed by atoms with van der Waals surface area (Å²) in [4.78, 5) is 31.2. The van der Waals surface area contributed by atoms with E-state index < -0.39 is 0 Å². The smallest absolute Gasteiger partial charge is 0.260 e. The average Bonchev–Trinajstić information content (AvgIpc) is 2.96. The third-order valence-corrected chi connectivity index (χ3v) is 9.82. The summed E-state index contributed by atoms with van der Waals surface area (Å²) in [6.45, 7) is 3.28. The van der Waals surface area contributed by atoms with Crippen LogP contribution >= 0.6 is 23.5 Å². The number of nitrogens with one attached hydrogen (secondary N) is 1. The topological polar surface area (TPSA) is 49.4 Å². The Kier molecular flexibility index (Phi) is 9.15. The van der Waals surface area contributed by atoms with Crippen molar-refractivity contribution in [2.45, 2.75) is 55.3 Å². The van der Waals surface area contributed by atoms with E-state index in [2.05, 4.69) is 67.0 Å². The monoisotopic (exact) mass is 556 g/mol. The van der Waals surface area contributed by atoms with E-state index in [0.29, 0.717) is 24.8 Å². The molecule has 1 saturated heterocycles. The molecule has 1 saturated carbocycles. The highest BCUT2D eigenvalue weighted by atomic mass is 32.2. The van der Waals surface area contributed by atoms with Crippen LogP contribution in [0.5, 0.6) is 0 Å². The van der Waals surface area contributed by atoms with Crippen LogP contribution in [0.25, 0.3) is 6.08 Å². The highest BCUT2D eigenvalue weighted by Gasteiger charge is 2.44. The number of hydrogen-bond donors (Lipinski definition) is 1. The first-order chi connectivity index (χ1) is 19.0. The van der Waals surface area contributed by atoms with Gasteiger partial charge in [0.25, 0.3) is 5.91 Å². The van der Waals surface area contributed by atoms with Crippen LogP contribution in [0.4, 0.5) is 0 Å². The number of carbonyl (C=O) groups excluding carboxylic acids is 2. The van der Waals surface area contributed by atoms with Crippen molar-refractivity contribution in [1.29, 1.82) is 0 Å². The van der Waals surface area contributed by atoms with Crippen molar-refractivity contribution in [1.82, 2.24) is 10.2 Å². The highest BCUT2D eigenvalue weighted by molar-refractivity contribution is 8.04. The van der Waals surface area contributed by atoms with Crippen molar-refractivity contribution in [3.05, 3.63) is 106 Å². The van der Waals surface area contributed by atoms with Crippen LogP contribution in [-0.4, -0.2) is 40.8 Å². The van der Waals surface area contributed by atoms with Crippen molar-refractivity contribution in [2.75, 3.05) is 12.8 Å². The predicted octanol–water partition coefficient (Wildman–Crippen LogP) is 6.73. The molecule has 3 aromatic carbocycles. The van der Waals surface area contributed by atoms with E-state index in [1.54, 1.807) is 23.5 Å². The summed E-state index contributed by atoms with van der Waals surface area (Å²) in [7, 11) is 0. The number of aryl methyl sites for hydroxylation is 1. The van der Waals surface area contributed by atoms with Gasteiger partial charge in [0.15, 0.2) is 0 Å². The summed E-state index contributed by atoms with van der Waals surface area (Å²) in [5.41, 5.74) is 4.59. The molecule has 1 aliphatic carbocycles. The van der Waals surface area contributed by atoms with Crippen molar-refractivity contribution in [2.24, 2.45) is 5.92 Å². The Labute approximate surface area is 240 Å². The lowest BCUT2D eigenvalue weighted by molar-refractivity contribution is -0.133. The van der Waals surface area contributed by atoms with E-state index in [1.165, 1.54) is 16.0 Å². The van der Waals surface area contributed by atoms with Crippen LogP contribution < -0.4 is 5.32 Å². The quantitative estimate of drug-likeness (QED) is 0.247. The minimum Gasteiger partial charge on any atom is -0.356 e. The lowest BCUT2D eigenvalue weighted by Gasteiger charge is -2.46. The molecule has 6 heteroatoms. The van der Waals surface area contributed by atoms with Gasteiger partial charge in [-0.05, 0) is 73.8 Å². The summed E-state index contributed by atoms with van der Waals surface area (Å²) in [5.74, 6) is 0.118. The van der Waals surface area contributed by atoms with E-state index in [0.717, 1.165) is 35.3 Å². The van der Waals surface area contributed by atoms with Crippen molar-refractivity contribution in [3.8, 4) is 0 Å². The van der Waals surface area contributed by atoms with E-state index >= 15 is 0 Å². The summed E-state index contributed by atoms with van der Waals surface area (Å²) in [5, 5.41) is 3.48. The molecule has 3 aromatic rings. The molecule has 2 amide bonds. The Morgan fingerprint density at radius 3 is 2.56 bits per heavy atom. The molecule has 202 valence electrons. The fourth-order valence-corrected chi connectivity index (χ4v) is 7.41. The maximum Gasteiger partial charge on any atom is 0.260 e. The molecular weight excluding hydrogens is 521 g/mol. The van der Waals surface area contributed by atoms with Gasteiger partial charge in [-0.3, -0.25) is 9.59 Å². The summed E-state index contributed by atoms with van der Waals surface area (Å²) in [6, 6.07) is 27.0. The molecule has 3 atom stereocenters. The molecule has 2 aliphatic rings. The van der Waals surface area contributed by atoms with E-state index in [-0.39, 0.29) is 23.8 Å². The number of rotatable bonds is 8. The van der Waals surface area contributed by atoms with Gasteiger partial charge in [0.1, 0.15) is 0 Å². The first-order valence-corrected chi connectivity index (χ1v) is 15.8. The van der Waals surface area contributed by atoms with Gasteiger partial charge in [-0.1, -0.05) is 72.3 Å². The Bertz CT molecular complexity index is 1320. The van der Waals surface area contributed by atoms with Gasteiger partial charge in [-0.25, -0.2) is 0 Å². The van der Waals surface area contributed by atoms with Crippen LogP contribution in [0.1, 0.15) is 41.5 Å². The maximum absolute atomic E-state index is 13.9. The molecule has 0 radical (unpaired) electrons. The van der Waals surface area contributed by atoms with Crippen molar-refractivity contribution >= 4 is 41.4 Å². The number of hydrogen-bond acceptors (Lipinski definition) is 4. The van der Waals surface area contributed by atoms with E-state index in [4.69, 9.17) is 0 Å². The number of thioether (sulfide) groups is 2. The van der Waals surface area contributed by atoms with Crippen molar-refractivity contribution < 1.29 is 9.59 Å². The highest BCUT2D eigenvalue weighted by Crippen LogP contribution is 2.44. The Balaban J connectivity index is 1.29. The number of carbonyl (C=O) groups is 2. The van der Waals surface area contributed by atoms with Gasteiger partial charge in [0.05, 0.1) is 4.91 Å². The molecule has 5 rings (SSSR count). The molecule has 1 N–H and O–H groups in total. The molecule has 39 heavy (non-hydrogen) atoms. The predicted molar refractivity (Wildman–Crippen MR) is 164 cm³/mol. The molecule has 1 heterocycles. The van der Waals surface area contributed by atoms with E-state index in [1.807, 2.05) is 41.3 Å². The SMILES string of the molecule is CSc1ccc(CCNC(=O)C2CCC3S/C(=C\c4ccccc4)C(=O)N(Cc4cccc(C)c4)C3C2)cc1. The van der Waals surface area contributed by atoms with E-state index in [9.17, 15) is 9.59 Å². The number of fused-ring (bicyclic) bond motifs is 1. The number of benzene rings is 3. The van der Waals surface area contributed by atoms with Crippen LogP contribution in [-0.2, 0) is 22.6 Å². The Morgan fingerprint density at radius 1 is 1.03 bits per heavy atom. The lowest BCUT2D eigenvalue weighted by atomic mass is 9.83. The van der Waals surface area contributed by atoms with Gasteiger partial charge in [-0.15, -0.1) is 23.5 Å². The van der Waals surface area contributed by atoms with Gasteiger partial charge in [0, 0.05) is 35.2 Å². The minimum atomic E-state index is -0.0711. The lowest BCUT2D eigenvalue weighted by Crippen LogP contribution is -2.53. The zero-order valence-corrected chi connectivity index (χ0v) is 24.3. The van der Waals surface area contributed by atoms with Gasteiger partial charge < -0.3 is 10.2 Å². The zero-order chi connectivity index (χ0) is 27.2.